The summed E-state index contributed by atoms with van der Waals surface area (Å²) in [6.45, 7) is 3.88. The lowest BCUT2D eigenvalue weighted by atomic mass is 9.82. The number of hydrogen-bond donors (Lipinski definition) is 1. The van der Waals surface area contributed by atoms with Gasteiger partial charge in [0, 0.05) is 12.1 Å². The van der Waals surface area contributed by atoms with Gasteiger partial charge in [-0.15, -0.1) is 10.2 Å². The number of rotatable bonds is 6. The Morgan fingerprint density at radius 2 is 1.79 bits per heavy atom. The molecule has 39 heavy (non-hydrogen) atoms. The molecule has 2 aromatic heterocycles. The Morgan fingerprint density at radius 1 is 1.05 bits per heavy atom. The van der Waals surface area contributed by atoms with Crippen LogP contribution in [0.1, 0.15) is 49.6 Å². The van der Waals surface area contributed by atoms with E-state index in [1.54, 1.807) is 15.9 Å². The predicted molar refractivity (Wildman–Crippen MR) is 150 cm³/mol. The molecule has 2 aliphatic rings. The lowest BCUT2D eigenvalue weighted by Gasteiger charge is -2.32. The molecule has 1 aliphatic carbocycles. The van der Waals surface area contributed by atoms with Gasteiger partial charge in [0.05, 0.1) is 29.3 Å². The Hall–Kier alpha value is -4.72. The number of benzene rings is 2. The summed E-state index contributed by atoms with van der Waals surface area (Å²) in [6.07, 6.45) is 8.83. The third kappa shape index (κ3) is 4.27. The van der Waals surface area contributed by atoms with Crippen LogP contribution in [0.3, 0.4) is 0 Å². The van der Waals surface area contributed by atoms with Crippen molar-refractivity contribution in [2.24, 2.45) is 0 Å². The second-order valence-corrected chi connectivity index (χ2v) is 9.65. The summed E-state index contributed by atoms with van der Waals surface area (Å²) in [5.41, 5.74) is 4.65. The van der Waals surface area contributed by atoms with Crippen molar-refractivity contribution >= 4 is 17.4 Å². The number of carbonyl (C=O) groups is 1. The number of carbonyl (C=O) groups excluding carboxylic acids is 1. The minimum atomic E-state index is -0.523. The Balaban J connectivity index is 1.69. The first kappa shape index (κ1) is 24.6. The lowest BCUT2D eigenvalue weighted by Crippen LogP contribution is -2.34. The van der Waals surface area contributed by atoms with E-state index in [2.05, 4.69) is 33.7 Å². The maximum atomic E-state index is 14.3. The molecule has 1 aliphatic heterocycles. The minimum absolute atomic E-state index is 0.251. The van der Waals surface area contributed by atoms with Gasteiger partial charge in [0.2, 0.25) is 0 Å². The Morgan fingerprint density at radius 3 is 2.49 bits per heavy atom. The topological polar surface area (TPSA) is 90.5 Å². The van der Waals surface area contributed by atoms with Crippen LogP contribution in [-0.4, -0.2) is 31.7 Å². The largest absolute Gasteiger partial charge is 0.463 e. The van der Waals surface area contributed by atoms with Crippen LogP contribution < -0.4 is 11.0 Å². The zero-order chi connectivity index (χ0) is 26.9. The number of anilines is 1. The van der Waals surface area contributed by atoms with E-state index in [1.807, 2.05) is 67.6 Å². The van der Waals surface area contributed by atoms with Crippen LogP contribution in [0.2, 0.25) is 0 Å². The van der Waals surface area contributed by atoms with E-state index in [-0.39, 0.29) is 12.3 Å². The van der Waals surface area contributed by atoms with Crippen LogP contribution in [-0.2, 0) is 16.0 Å². The fraction of sp³-hybridized carbons (Fsp3) is 0.226. The third-order valence-corrected chi connectivity index (χ3v) is 7.20. The molecule has 0 bridgehead atoms. The fourth-order valence-electron chi connectivity index (χ4n) is 5.48. The van der Waals surface area contributed by atoms with Crippen molar-refractivity contribution in [3.8, 4) is 5.69 Å². The van der Waals surface area contributed by atoms with E-state index in [1.165, 1.54) is 0 Å². The number of allylic oxidation sites excluding steroid dienone is 5. The summed E-state index contributed by atoms with van der Waals surface area (Å²) < 4.78 is 8.76. The molecule has 2 aromatic carbocycles. The van der Waals surface area contributed by atoms with Gasteiger partial charge in [-0.2, -0.15) is 0 Å². The molecule has 3 heterocycles. The van der Waals surface area contributed by atoms with Crippen LogP contribution in [0.5, 0.6) is 0 Å². The maximum Gasteiger partial charge on any atom is 0.341 e. The van der Waals surface area contributed by atoms with Gasteiger partial charge in [0.1, 0.15) is 11.6 Å². The zero-order valence-corrected chi connectivity index (χ0v) is 21.9. The molecule has 6 rings (SSSR count). The average Bonchev–Trinajstić information content (AvgIpc) is 3.38. The summed E-state index contributed by atoms with van der Waals surface area (Å²) in [5, 5.41) is 12.5. The molecule has 0 saturated heterocycles. The molecule has 8 heteroatoms. The summed E-state index contributed by atoms with van der Waals surface area (Å²) in [5.74, 6) is 0.185. The quantitative estimate of drug-likeness (QED) is 0.357. The number of fused-ring (bicyclic) bond motifs is 3. The molecule has 0 fully saturated rings. The first-order chi connectivity index (χ1) is 19.1. The SMILES string of the molecule is CCOC(=O)C1=C(C)Nc2c(c3nnc(CC4=CCCC=C4)n3c(=O)n2-c2ccccc2)C1c1ccccc1. The molecule has 0 spiro atoms. The van der Waals surface area contributed by atoms with Crippen molar-refractivity contribution < 1.29 is 9.53 Å². The molecule has 4 aromatic rings. The van der Waals surface area contributed by atoms with Gasteiger partial charge in [0.25, 0.3) is 0 Å². The highest BCUT2D eigenvalue weighted by molar-refractivity contribution is 5.95. The second-order valence-electron chi connectivity index (χ2n) is 9.65. The number of nitrogens with one attached hydrogen (secondary N) is 1. The van der Waals surface area contributed by atoms with Gasteiger partial charge in [-0.05, 0) is 50.0 Å². The van der Waals surface area contributed by atoms with Crippen LogP contribution in [0.25, 0.3) is 11.3 Å². The number of hydrogen-bond acceptors (Lipinski definition) is 6. The summed E-state index contributed by atoms with van der Waals surface area (Å²) in [7, 11) is 0. The highest BCUT2D eigenvalue weighted by Gasteiger charge is 2.38. The molecule has 196 valence electrons. The smallest absolute Gasteiger partial charge is 0.341 e. The first-order valence-corrected chi connectivity index (χ1v) is 13.2. The summed E-state index contributed by atoms with van der Waals surface area (Å²) in [6, 6.07) is 19.3. The van der Waals surface area contributed by atoms with E-state index >= 15 is 0 Å². The first-order valence-electron chi connectivity index (χ1n) is 13.2. The van der Waals surface area contributed by atoms with Gasteiger partial charge >= 0.3 is 11.7 Å². The lowest BCUT2D eigenvalue weighted by molar-refractivity contribution is -0.138. The minimum Gasteiger partial charge on any atom is -0.463 e. The second kappa shape index (κ2) is 10.2. The van der Waals surface area contributed by atoms with Crippen LogP contribution >= 0.6 is 0 Å². The van der Waals surface area contributed by atoms with E-state index in [0.717, 1.165) is 24.0 Å². The molecule has 0 amide bonds. The fourth-order valence-corrected chi connectivity index (χ4v) is 5.48. The Bertz CT molecular complexity index is 1710. The number of nitrogens with zero attached hydrogens (tertiary/aromatic N) is 4. The standard InChI is InChI=1S/C31H29N5O3/c1-3-39-30(37)25-20(2)32-28-27(26(25)22-15-9-5-10-16-22)29-34-33-24(19-21-13-7-4-8-14-21)36(29)31(38)35(28)23-17-11-6-12-18-23/h5-7,9-18,26,32H,3-4,8,19H2,1-2H3. The zero-order valence-electron chi connectivity index (χ0n) is 21.9. The van der Waals surface area contributed by atoms with Gasteiger partial charge in [0.15, 0.2) is 5.65 Å². The number of para-hydroxylation sites is 1. The van der Waals surface area contributed by atoms with Crippen molar-refractivity contribution in [3.63, 3.8) is 0 Å². The van der Waals surface area contributed by atoms with Crippen molar-refractivity contribution in [1.29, 1.82) is 0 Å². The van der Waals surface area contributed by atoms with Crippen molar-refractivity contribution in [2.45, 2.75) is 39.0 Å². The number of esters is 1. The Labute approximate surface area is 226 Å². The Kier molecular flexibility index (Phi) is 6.44. The molecule has 8 nitrogen and oxygen atoms in total. The van der Waals surface area contributed by atoms with Gasteiger partial charge < -0.3 is 10.1 Å². The number of aromatic nitrogens is 4. The molecular formula is C31H29N5O3. The van der Waals surface area contributed by atoms with E-state index in [4.69, 9.17) is 4.74 Å². The van der Waals surface area contributed by atoms with Gasteiger partial charge in [-0.25, -0.2) is 18.6 Å². The van der Waals surface area contributed by atoms with Crippen molar-refractivity contribution in [1.82, 2.24) is 19.2 Å². The molecule has 0 radical (unpaired) electrons. The van der Waals surface area contributed by atoms with E-state index in [0.29, 0.717) is 46.2 Å². The monoisotopic (exact) mass is 519 g/mol. The predicted octanol–water partition coefficient (Wildman–Crippen LogP) is 5.09. The maximum absolute atomic E-state index is 14.3. The molecular weight excluding hydrogens is 490 g/mol. The third-order valence-electron chi connectivity index (χ3n) is 7.20. The molecule has 0 saturated carbocycles. The van der Waals surface area contributed by atoms with Crippen molar-refractivity contribution in [2.75, 3.05) is 11.9 Å². The normalized spacial score (nSPS) is 16.6. The van der Waals surface area contributed by atoms with Gasteiger partial charge in [-0.3, -0.25) is 0 Å². The number of ether oxygens (including phenoxy) is 1. The van der Waals surface area contributed by atoms with Gasteiger partial charge in [-0.1, -0.05) is 66.8 Å². The summed E-state index contributed by atoms with van der Waals surface area (Å²) >= 11 is 0. The molecule has 1 atom stereocenters. The highest BCUT2D eigenvalue weighted by atomic mass is 16.5. The van der Waals surface area contributed by atoms with Crippen LogP contribution in [0.4, 0.5) is 5.82 Å². The highest BCUT2D eigenvalue weighted by Crippen LogP contribution is 2.44. The molecule has 1 N–H and O–H groups in total. The van der Waals surface area contributed by atoms with Crippen molar-refractivity contribution in [3.05, 3.63) is 123 Å². The van der Waals surface area contributed by atoms with E-state index in [9.17, 15) is 9.59 Å². The molecule has 1 unspecified atom stereocenters. The summed E-state index contributed by atoms with van der Waals surface area (Å²) in [4.78, 5) is 27.6. The van der Waals surface area contributed by atoms with Crippen LogP contribution in [0.15, 0.2) is 101 Å². The van der Waals surface area contributed by atoms with E-state index < -0.39 is 11.9 Å². The average molecular weight is 520 g/mol. The van der Waals surface area contributed by atoms with Crippen LogP contribution in [0, 0.1) is 0 Å².